The van der Waals surface area contributed by atoms with E-state index >= 15 is 0 Å². The lowest BCUT2D eigenvalue weighted by Crippen LogP contribution is -2.25. The van der Waals surface area contributed by atoms with Crippen LogP contribution in [0, 0.1) is 10.1 Å². The van der Waals surface area contributed by atoms with Crippen LogP contribution < -0.4 is 9.64 Å². The summed E-state index contributed by atoms with van der Waals surface area (Å²) in [5.41, 5.74) is 3.15. The number of nitrogens with zero attached hydrogens (tertiary/aromatic N) is 2. The number of anilines is 1. The van der Waals surface area contributed by atoms with E-state index < -0.39 is 4.92 Å². The Bertz CT molecular complexity index is 1240. The summed E-state index contributed by atoms with van der Waals surface area (Å²) in [5, 5.41) is 11.3. The highest BCUT2D eigenvalue weighted by Gasteiger charge is 2.31. The van der Waals surface area contributed by atoms with E-state index in [1.807, 2.05) is 48.5 Å². The summed E-state index contributed by atoms with van der Waals surface area (Å²) < 4.78 is 6.04. The molecule has 154 valence electrons. The second-order valence-corrected chi connectivity index (χ2v) is 7.66. The number of halogens is 1. The summed E-state index contributed by atoms with van der Waals surface area (Å²) in [5.74, 6) is 0.435. The molecule has 0 aliphatic carbocycles. The number of nitro groups is 1. The van der Waals surface area contributed by atoms with Crippen LogP contribution in [0.3, 0.4) is 0 Å². The number of methoxy groups -OCH3 is 1. The Kier molecular flexibility index (Phi) is 5.68. The molecule has 1 aliphatic rings. The first-order valence-corrected chi connectivity index (χ1v) is 10.2. The number of rotatable bonds is 5. The molecule has 31 heavy (non-hydrogen) atoms. The molecule has 3 aromatic rings. The third-order valence-corrected chi connectivity index (χ3v) is 5.47. The standard InChI is InChI=1S/C24H17BrN2O4/c1-31-23-11-10-16(13-21(23)25)12-18-14-22(17-6-3-2-4-7-17)26(24(18)28)19-8-5-9-20(15-19)27(29)30/h2-15H,1H3. The molecule has 0 fully saturated rings. The van der Waals surface area contributed by atoms with E-state index in [4.69, 9.17) is 4.74 Å². The number of ether oxygens (including phenoxy) is 1. The van der Waals surface area contributed by atoms with Gasteiger partial charge in [0.05, 0.1) is 27.9 Å². The van der Waals surface area contributed by atoms with Gasteiger partial charge in [0.2, 0.25) is 0 Å². The first-order chi connectivity index (χ1) is 15.0. The molecule has 0 bridgehead atoms. The van der Waals surface area contributed by atoms with Crippen LogP contribution in [0.4, 0.5) is 11.4 Å². The van der Waals surface area contributed by atoms with Gasteiger partial charge in [-0.15, -0.1) is 0 Å². The molecule has 0 atom stereocenters. The van der Waals surface area contributed by atoms with E-state index in [0.29, 0.717) is 22.7 Å². The Balaban J connectivity index is 1.81. The van der Waals surface area contributed by atoms with Crippen LogP contribution in [-0.2, 0) is 4.79 Å². The molecule has 0 saturated carbocycles. The molecule has 1 amide bonds. The first kappa shape index (κ1) is 20.6. The van der Waals surface area contributed by atoms with Crippen molar-refractivity contribution in [2.45, 2.75) is 0 Å². The van der Waals surface area contributed by atoms with Crippen molar-refractivity contribution in [1.82, 2.24) is 0 Å². The normalized spacial score (nSPS) is 14.6. The number of carbonyl (C=O) groups is 1. The summed E-state index contributed by atoms with van der Waals surface area (Å²) in [6.45, 7) is 0. The topological polar surface area (TPSA) is 72.7 Å². The van der Waals surface area contributed by atoms with Gasteiger partial charge in [0.25, 0.3) is 11.6 Å². The molecule has 0 spiro atoms. The summed E-state index contributed by atoms with van der Waals surface area (Å²) in [4.78, 5) is 25.7. The monoisotopic (exact) mass is 476 g/mol. The van der Waals surface area contributed by atoms with Gasteiger partial charge in [-0.1, -0.05) is 42.5 Å². The van der Waals surface area contributed by atoms with Crippen molar-refractivity contribution in [2.24, 2.45) is 0 Å². The second-order valence-electron chi connectivity index (χ2n) is 6.81. The Morgan fingerprint density at radius 3 is 2.48 bits per heavy atom. The van der Waals surface area contributed by atoms with Gasteiger partial charge in [0.15, 0.2) is 0 Å². The van der Waals surface area contributed by atoms with E-state index in [0.717, 1.165) is 15.6 Å². The quantitative estimate of drug-likeness (QED) is 0.263. The van der Waals surface area contributed by atoms with E-state index in [9.17, 15) is 14.9 Å². The molecule has 0 unspecified atom stereocenters. The maximum Gasteiger partial charge on any atom is 0.271 e. The number of amides is 1. The molecular weight excluding hydrogens is 460 g/mol. The summed E-state index contributed by atoms with van der Waals surface area (Å²) >= 11 is 3.46. The van der Waals surface area contributed by atoms with Gasteiger partial charge in [-0.25, -0.2) is 0 Å². The van der Waals surface area contributed by atoms with E-state index in [2.05, 4.69) is 15.9 Å². The van der Waals surface area contributed by atoms with Crippen LogP contribution in [0.2, 0.25) is 0 Å². The lowest BCUT2D eigenvalue weighted by Gasteiger charge is -2.20. The SMILES string of the molecule is COc1ccc(C=C2C=C(c3ccccc3)N(c3cccc([N+](=O)[O-])c3)C2=O)cc1Br. The molecule has 4 rings (SSSR count). The lowest BCUT2D eigenvalue weighted by molar-refractivity contribution is -0.384. The van der Waals surface area contributed by atoms with Gasteiger partial charge in [0.1, 0.15) is 5.75 Å². The maximum absolute atomic E-state index is 13.4. The zero-order valence-corrected chi connectivity index (χ0v) is 18.1. The lowest BCUT2D eigenvalue weighted by atomic mass is 10.1. The van der Waals surface area contributed by atoms with E-state index in [1.54, 1.807) is 31.4 Å². The van der Waals surface area contributed by atoms with Gasteiger partial charge < -0.3 is 4.74 Å². The van der Waals surface area contributed by atoms with Crippen molar-refractivity contribution in [3.63, 3.8) is 0 Å². The Morgan fingerprint density at radius 2 is 1.81 bits per heavy atom. The summed E-state index contributed by atoms with van der Waals surface area (Å²) in [6.07, 6.45) is 3.58. The Morgan fingerprint density at radius 1 is 1.03 bits per heavy atom. The van der Waals surface area contributed by atoms with Crippen molar-refractivity contribution in [1.29, 1.82) is 0 Å². The average Bonchev–Trinajstić information content (AvgIpc) is 3.10. The minimum absolute atomic E-state index is 0.0748. The molecule has 1 aliphatic heterocycles. The van der Waals surface area contributed by atoms with Crippen molar-refractivity contribution in [2.75, 3.05) is 12.0 Å². The molecule has 6 nitrogen and oxygen atoms in total. The predicted octanol–water partition coefficient (Wildman–Crippen LogP) is 5.84. The third kappa shape index (κ3) is 4.13. The number of hydrogen-bond donors (Lipinski definition) is 0. The van der Waals surface area contributed by atoms with Gasteiger partial charge in [-0.2, -0.15) is 0 Å². The highest BCUT2D eigenvalue weighted by molar-refractivity contribution is 9.10. The van der Waals surface area contributed by atoms with Crippen molar-refractivity contribution < 1.29 is 14.5 Å². The molecule has 7 heteroatoms. The zero-order chi connectivity index (χ0) is 22.0. The molecule has 0 N–H and O–H groups in total. The fraction of sp³-hybridized carbons (Fsp3) is 0.0417. The first-order valence-electron chi connectivity index (χ1n) is 9.39. The Labute approximate surface area is 187 Å². The van der Waals surface area contributed by atoms with Crippen LogP contribution in [0.25, 0.3) is 11.8 Å². The molecule has 0 aromatic heterocycles. The van der Waals surface area contributed by atoms with E-state index in [1.165, 1.54) is 17.0 Å². The van der Waals surface area contributed by atoms with Crippen LogP contribution in [0.1, 0.15) is 11.1 Å². The van der Waals surface area contributed by atoms with Gasteiger partial charge in [-0.05, 0) is 57.4 Å². The highest BCUT2D eigenvalue weighted by atomic mass is 79.9. The number of benzene rings is 3. The molecule has 0 radical (unpaired) electrons. The summed E-state index contributed by atoms with van der Waals surface area (Å²) in [6, 6.07) is 21.1. The minimum atomic E-state index is -0.471. The third-order valence-electron chi connectivity index (χ3n) is 4.85. The van der Waals surface area contributed by atoms with Crippen LogP contribution >= 0.6 is 15.9 Å². The Hall–Kier alpha value is -3.71. The fourth-order valence-corrected chi connectivity index (χ4v) is 3.95. The van der Waals surface area contributed by atoms with Crippen molar-refractivity contribution in [3.05, 3.63) is 110 Å². The minimum Gasteiger partial charge on any atom is -0.496 e. The highest BCUT2D eigenvalue weighted by Crippen LogP contribution is 2.37. The summed E-state index contributed by atoms with van der Waals surface area (Å²) in [7, 11) is 1.59. The van der Waals surface area contributed by atoms with Crippen LogP contribution in [0.15, 0.2) is 88.9 Å². The van der Waals surface area contributed by atoms with E-state index in [-0.39, 0.29) is 11.6 Å². The molecular formula is C24H17BrN2O4. The smallest absolute Gasteiger partial charge is 0.271 e. The zero-order valence-electron chi connectivity index (χ0n) is 16.5. The number of hydrogen-bond acceptors (Lipinski definition) is 4. The molecule has 0 saturated heterocycles. The number of carbonyl (C=O) groups excluding carboxylic acids is 1. The van der Waals surface area contributed by atoms with Gasteiger partial charge in [0, 0.05) is 17.7 Å². The van der Waals surface area contributed by atoms with Gasteiger partial charge >= 0.3 is 0 Å². The molecule has 1 heterocycles. The average molecular weight is 477 g/mol. The molecule has 3 aromatic carbocycles. The van der Waals surface area contributed by atoms with Gasteiger partial charge in [-0.3, -0.25) is 19.8 Å². The fourth-order valence-electron chi connectivity index (χ4n) is 3.39. The number of non-ortho nitro benzene ring substituents is 1. The number of nitro benzene ring substituents is 1. The van der Waals surface area contributed by atoms with Crippen LogP contribution in [0.5, 0.6) is 5.75 Å². The van der Waals surface area contributed by atoms with Crippen LogP contribution in [-0.4, -0.2) is 17.9 Å². The second kappa shape index (κ2) is 8.57. The van der Waals surface area contributed by atoms with Crippen molar-refractivity contribution >= 4 is 45.0 Å². The maximum atomic E-state index is 13.4. The largest absolute Gasteiger partial charge is 0.496 e. The predicted molar refractivity (Wildman–Crippen MR) is 124 cm³/mol. The van der Waals surface area contributed by atoms with Crippen molar-refractivity contribution in [3.8, 4) is 5.75 Å².